The molecule has 0 saturated heterocycles. The number of aliphatic imine (C=N–C) groups is 1. The molecular formula is C18H19N3O2. The molecule has 0 bridgehead atoms. The van der Waals surface area contributed by atoms with Gasteiger partial charge in [-0.25, -0.2) is 9.79 Å². The van der Waals surface area contributed by atoms with Gasteiger partial charge in [0.25, 0.3) is 0 Å². The lowest BCUT2D eigenvalue weighted by Gasteiger charge is -2.24. The molecule has 2 aromatic carbocycles. The number of nitrogens with one attached hydrogen (secondary N) is 1. The minimum atomic E-state index is -0.487. The number of anilines is 1. The second kappa shape index (κ2) is 6.12. The zero-order valence-electron chi connectivity index (χ0n) is 13.5. The minimum Gasteiger partial charge on any atom is -0.463 e. The number of amidine groups is 1. The highest BCUT2D eigenvalue weighted by atomic mass is 16.5. The van der Waals surface area contributed by atoms with Gasteiger partial charge in [-0.3, -0.25) is 10.4 Å². The van der Waals surface area contributed by atoms with E-state index in [2.05, 4.69) is 29.5 Å². The Hall–Kier alpha value is -2.82. The Labute approximate surface area is 135 Å². The number of nitrogens with zero attached hydrogens (tertiary/aromatic N) is 2. The summed E-state index contributed by atoms with van der Waals surface area (Å²) in [5.74, 6) is -0.305. The summed E-state index contributed by atoms with van der Waals surface area (Å²) < 4.78 is 4.85. The Morgan fingerprint density at radius 2 is 1.96 bits per heavy atom. The lowest BCUT2D eigenvalue weighted by atomic mass is 10.0. The topological polar surface area (TPSA) is 53.9 Å². The number of esters is 1. The van der Waals surface area contributed by atoms with Crippen molar-refractivity contribution < 1.29 is 9.53 Å². The summed E-state index contributed by atoms with van der Waals surface area (Å²) >= 11 is 0. The summed E-state index contributed by atoms with van der Waals surface area (Å²) in [4.78, 5) is 16.6. The Morgan fingerprint density at radius 1 is 1.22 bits per heavy atom. The van der Waals surface area contributed by atoms with E-state index in [9.17, 15) is 4.79 Å². The Kier molecular flexibility index (Phi) is 4.02. The largest absolute Gasteiger partial charge is 0.463 e. The van der Waals surface area contributed by atoms with Crippen LogP contribution in [-0.2, 0) is 16.1 Å². The van der Waals surface area contributed by atoms with Crippen LogP contribution in [0.1, 0.15) is 16.7 Å². The van der Waals surface area contributed by atoms with Crippen molar-refractivity contribution in [1.29, 1.82) is 0 Å². The van der Waals surface area contributed by atoms with Crippen molar-refractivity contribution in [3.05, 3.63) is 59.2 Å². The zero-order chi connectivity index (χ0) is 16.4. The number of rotatable bonds is 2. The molecule has 0 spiro atoms. The first-order valence-electron chi connectivity index (χ1n) is 7.45. The van der Waals surface area contributed by atoms with Crippen LogP contribution in [0.15, 0.2) is 47.5 Å². The SMILES string of the molecule is COC(=O)C1=Nc2c(C)cc(C)cc2CN(c2ccccc2)N1. The average Bonchev–Trinajstić information content (AvgIpc) is 2.75. The predicted octanol–water partition coefficient (Wildman–Crippen LogP) is 3.03. The van der Waals surface area contributed by atoms with Crippen LogP contribution < -0.4 is 10.4 Å². The van der Waals surface area contributed by atoms with Crippen LogP contribution >= 0.6 is 0 Å². The fourth-order valence-electron chi connectivity index (χ4n) is 2.75. The number of hydrogen-bond acceptors (Lipinski definition) is 5. The smallest absolute Gasteiger partial charge is 0.375 e. The monoisotopic (exact) mass is 309 g/mol. The summed E-state index contributed by atoms with van der Waals surface area (Å²) in [6.07, 6.45) is 0. The number of ether oxygens (including phenoxy) is 1. The van der Waals surface area contributed by atoms with E-state index in [1.54, 1.807) is 0 Å². The number of carbonyl (C=O) groups is 1. The van der Waals surface area contributed by atoms with Gasteiger partial charge in [-0.1, -0.05) is 35.9 Å². The molecule has 0 unspecified atom stereocenters. The van der Waals surface area contributed by atoms with Crippen molar-refractivity contribution in [2.75, 3.05) is 12.1 Å². The molecule has 0 aliphatic carbocycles. The normalized spacial score (nSPS) is 13.5. The Morgan fingerprint density at radius 3 is 2.65 bits per heavy atom. The van der Waals surface area contributed by atoms with Crippen LogP contribution in [0.5, 0.6) is 0 Å². The second-order valence-electron chi connectivity index (χ2n) is 5.58. The predicted molar refractivity (Wildman–Crippen MR) is 90.8 cm³/mol. The number of fused-ring (bicyclic) bond motifs is 1. The van der Waals surface area contributed by atoms with Crippen LogP contribution in [0, 0.1) is 13.8 Å². The molecule has 0 fully saturated rings. The van der Waals surface area contributed by atoms with Crippen LogP contribution in [0.4, 0.5) is 11.4 Å². The lowest BCUT2D eigenvalue weighted by Crippen LogP contribution is -2.44. The van der Waals surface area contributed by atoms with Crippen molar-refractivity contribution in [2.45, 2.75) is 20.4 Å². The van der Waals surface area contributed by atoms with E-state index in [-0.39, 0.29) is 5.84 Å². The number of hydrogen-bond donors (Lipinski definition) is 1. The molecule has 0 saturated carbocycles. The maximum atomic E-state index is 12.0. The number of benzene rings is 2. The van der Waals surface area contributed by atoms with Gasteiger partial charge in [-0.2, -0.15) is 0 Å². The molecule has 118 valence electrons. The summed E-state index contributed by atoms with van der Waals surface area (Å²) in [7, 11) is 1.35. The molecule has 5 nitrogen and oxygen atoms in total. The molecule has 0 amide bonds. The third kappa shape index (κ3) is 3.04. The van der Waals surface area contributed by atoms with Crippen LogP contribution in [-0.4, -0.2) is 18.9 Å². The summed E-state index contributed by atoms with van der Waals surface area (Å²) in [5, 5.41) is 1.90. The molecule has 1 aliphatic heterocycles. The highest BCUT2D eigenvalue weighted by Crippen LogP contribution is 2.30. The number of aryl methyl sites for hydroxylation is 2. The third-order valence-corrected chi connectivity index (χ3v) is 3.76. The summed E-state index contributed by atoms with van der Waals surface area (Å²) in [6, 6.07) is 14.0. The van der Waals surface area contributed by atoms with Crippen molar-refractivity contribution in [2.24, 2.45) is 4.99 Å². The Balaban J connectivity index is 2.11. The average molecular weight is 309 g/mol. The second-order valence-corrected chi connectivity index (χ2v) is 5.58. The number of para-hydroxylation sites is 1. The highest BCUT2D eigenvalue weighted by molar-refractivity contribution is 6.36. The van der Waals surface area contributed by atoms with Crippen molar-refractivity contribution >= 4 is 23.2 Å². The Bertz CT molecular complexity index is 769. The molecule has 1 heterocycles. The van der Waals surface area contributed by atoms with E-state index >= 15 is 0 Å². The van der Waals surface area contributed by atoms with Crippen LogP contribution in [0.3, 0.4) is 0 Å². The molecule has 3 rings (SSSR count). The van der Waals surface area contributed by atoms with Gasteiger partial charge in [-0.15, -0.1) is 0 Å². The zero-order valence-corrected chi connectivity index (χ0v) is 13.5. The first kappa shape index (κ1) is 15.1. The van der Waals surface area contributed by atoms with Gasteiger partial charge in [0.1, 0.15) is 0 Å². The maximum absolute atomic E-state index is 12.0. The molecular weight excluding hydrogens is 290 g/mol. The maximum Gasteiger partial charge on any atom is 0.375 e. The fraction of sp³-hybridized carbons (Fsp3) is 0.222. The quantitative estimate of drug-likeness (QED) is 0.866. The number of hydrazine groups is 1. The molecule has 0 atom stereocenters. The standard InChI is InChI=1S/C18H19N3O2/c1-12-9-13(2)16-14(10-12)11-21(15-7-5-4-6-8-15)20-17(19-16)18(22)23-3/h4-10H,11H2,1-3H3,(H,19,20). The lowest BCUT2D eigenvalue weighted by molar-refractivity contribution is -0.133. The number of methoxy groups -OCH3 is 1. The van der Waals surface area contributed by atoms with Gasteiger partial charge in [0.15, 0.2) is 0 Å². The first-order valence-corrected chi connectivity index (χ1v) is 7.45. The molecule has 0 radical (unpaired) electrons. The van der Waals surface area contributed by atoms with E-state index in [0.717, 1.165) is 22.5 Å². The van der Waals surface area contributed by atoms with Gasteiger partial charge in [0.05, 0.1) is 25.0 Å². The van der Waals surface area contributed by atoms with Gasteiger partial charge < -0.3 is 4.74 Å². The summed E-state index contributed by atoms with van der Waals surface area (Å²) in [5.41, 5.74) is 8.14. The number of carbonyl (C=O) groups excluding carboxylic acids is 1. The van der Waals surface area contributed by atoms with Gasteiger partial charge >= 0.3 is 5.97 Å². The minimum absolute atomic E-state index is 0.182. The van der Waals surface area contributed by atoms with Crippen LogP contribution in [0.25, 0.3) is 0 Å². The highest BCUT2D eigenvalue weighted by Gasteiger charge is 2.23. The fourth-order valence-corrected chi connectivity index (χ4v) is 2.75. The van der Waals surface area contributed by atoms with E-state index < -0.39 is 5.97 Å². The van der Waals surface area contributed by atoms with Gasteiger partial charge in [-0.05, 0) is 37.1 Å². The van der Waals surface area contributed by atoms with E-state index in [4.69, 9.17) is 4.74 Å². The molecule has 0 aromatic heterocycles. The summed E-state index contributed by atoms with van der Waals surface area (Å²) in [6.45, 7) is 4.66. The van der Waals surface area contributed by atoms with Crippen LogP contribution in [0.2, 0.25) is 0 Å². The third-order valence-electron chi connectivity index (χ3n) is 3.76. The van der Waals surface area contributed by atoms with E-state index in [1.807, 2.05) is 42.3 Å². The molecule has 5 heteroatoms. The molecule has 2 aromatic rings. The van der Waals surface area contributed by atoms with Gasteiger partial charge in [0.2, 0.25) is 5.84 Å². The van der Waals surface area contributed by atoms with Crippen molar-refractivity contribution in [1.82, 2.24) is 5.43 Å². The van der Waals surface area contributed by atoms with Crippen molar-refractivity contribution in [3.8, 4) is 0 Å². The van der Waals surface area contributed by atoms with E-state index in [1.165, 1.54) is 12.7 Å². The molecule has 1 N–H and O–H groups in total. The molecule has 1 aliphatic rings. The molecule has 23 heavy (non-hydrogen) atoms. The van der Waals surface area contributed by atoms with Crippen molar-refractivity contribution in [3.63, 3.8) is 0 Å². The first-order chi connectivity index (χ1) is 11.1. The van der Waals surface area contributed by atoms with Gasteiger partial charge in [0, 0.05) is 0 Å². The van der Waals surface area contributed by atoms with E-state index in [0.29, 0.717) is 6.54 Å².